The molecule has 1 atom stereocenters. The van der Waals surface area contributed by atoms with Gasteiger partial charge in [-0.3, -0.25) is 4.90 Å². The van der Waals surface area contributed by atoms with Gasteiger partial charge in [0, 0.05) is 30.7 Å². The van der Waals surface area contributed by atoms with Gasteiger partial charge in [-0.25, -0.2) is 0 Å². The van der Waals surface area contributed by atoms with Gasteiger partial charge in [-0.1, -0.05) is 46.0 Å². The Kier molecular flexibility index (Phi) is 4.19. The SMILES string of the molecule is CC(C)C1CNC2(CCCC2)CN1C1CCCCC1. The Morgan fingerprint density at radius 3 is 2.32 bits per heavy atom. The zero-order chi connectivity index (χ0) is 13.3. The zero-order valence-electron chi connectivity index (χ0n) is 13.0. The van der Waals surface area contributed by atoms with E-state index < -0.39 is 0 Å². The van der Waals surface area contributed by atoms with Crippen LogP contribution in [0.2, 0.25) is 0 Å². The maximum absolute atomic E-state index is 3.95. The molecule has 0 aromatic rings. The molecule has 2 heteroatoms. The third kappa shape index (κ3) is 2.85. The molecule has 110 valence electrons. The first-order chi connectivity index (χ1) is 9.20. The molecule has 0 radical (unpaired) electrons. The third-order valence-electron chi connectivity index (χ3n) is 5.97. The van der Waals surface area contributed by atoms with Gasteiger partial charge in [-0.2, -0.15) is 0 Å². The Bertz CT molecular complexity index is 288. The van der Waals surface area contributed by atoms with Gasteiger partial charge in [-0.05, 0) is 31.6 Å². The minimum Gasteiger partial charge on any atom is -0.308 e. The first-order valence-corrected chi connectivity index (χ1v) is 8.71. The Hall–Kier alpha value is -0.0800. The van der Waals surface area contributed by atoms with Crippen LogP contribution in [-0.4, -0.2) is 35.6 Å². The molecule has 1 heterocycles. The molecule has 1 N–H and O–H groups in total. The van der Waals surface area contributed by atoms with Crippen LogP contribution in [0.1, 0.15) is 71.6 Å². The summed E-state index contributed by atoms with van der Waals surface area (Å²) < 4.78 is 0. The predicted octanol–water partition coefficient (Wildman–Crippen LogP) is 3.56. The van der Waals surface area contributed by atoms with Gasteiger partial charge in [-0.15, -0.1) is 0 Å². The summed E-state index contributed by atoms with van der Waals surface area (Å²) in [6.07, 6.45) is 13.0. The molecule has 1 aliphatic heterocycles. The van der Waals surface area contributed by atoms with Gasteiger partial charge in [0.05, 0.1) is 0 Å². The van der Waals surface area contributed by atoms with Crippen molar-refractivity contribution in [3.8, 4) is 0 Å². The van der Waals surface area contributed by atoms with Gasteiger partial charge in [0.15, 0.2) is 0 Å². The average Bonchev–Trinajstić information content (AvgIpc) is 2.87. The van der Waals surface area contributed by atoms with Gasteiger partial charge < -0.3 is 5.32 Å². The van der Waals surface area contributed by atoms with Crippen molar-refractivity contribution < 1.29 is 0 Å². The summed E-state index contributed by atoms with van der Waals surface area (Å²) in [5.41, 5.74) is 0.489. The summed E-state index contributed by atoms with van der Waals surface area (Å²) in [4.78, 5) is 2.94. The van der Waals surface area contributed by atoms with E-state index in [0.717, 1.165) is 18.0 Å². The van der Waals surface area contributed by atoms with E-state index in [-0.39, 0.29) is 0 Å². The van der Waals surface area contributed by atoms with Crippen LogP contribution in [0.5, 0.6) is 0 Å². The van der Waals surface area contributed by atoms with Crippen molar-refractivity contribution >= 4 is 0 Å². The summed E-state index contributed by atoms with van der Waals surface area (Å²) in [7, 11) is 0. The second-order valence-corrected chi connectivity index (χ2v) is 7.64. The Labute approximate surface area is 119 Å². The third-order valence-corrected chi connectivity index (χ3v) is 5.97. The van der Waals surface area contributed by atoms with E-state index in [1.54, 1.807) is 0 Å². The van der Waals surface area contributed by atoms with Crippen LogP contribution >= 0.6 is 0 Å². The van der Waals surface area contributed by atoms with E-state index in [4.69, 9.17) is 0 Å². The highest BCUT2D eigenvalue weighted by molar-refractivity contribution is 5.03. The molecule has 0 bridgehead atoms. The molecule has 3 fully saturated rings. The van der Waals surface area contributed by atoms with Crippen molar-refractivity contribution in [3.63, 3.8) is 0 Å². The fourth-order valence-corrected chi connectivity index (χ4v) is 4.78. The summed E-state index contributed by atoms with van der Waals surface area (Å²) in [5, 5.41) is 3.95. The summed E-state index contributed by atoms with van der Waals surface area (Å²) in [6.45, 7) is 7.39. The van der Waals surface area contributed by atoms with Gasteiger partial charge in [0.2, 0.25) is 0 Å². The molecule has 1 saturated heterocycles. The van der Waals surface area contributed by atoms with Crippen molar-refractivity contribution in [2.24, 2.45) is 5.92 Å². The number of hydrogen-bond acceptors (Lipinski definition) is 2. The van der Waals surface area contributed by atoms with E-state index in [2.05, 4.69) is 24.1 Å². The highest BCUT2D eigenvalue weighted by atomic mass is 15.3. The highest BCUT2D eigenvalue weighted by Crippen LogP contribution is 2.37. The predicted molar refractivity (Wildman–Crippen MR) is 81.4 cm³/mol. The smallest absolute Gasteiger partial charge is 0.0309 e. The van der Waals surface area contributed by atoms with E-state index in [1.165, 1.54) is 70.9 Å². The minimum absolute atomic E-state index is 0.489. The van der Waals surface area contributed by atoms with E-state index >= 15 is 0 Å². The Morgan fingerprint density at radius 1 is 1.00 bits per heavy atom. The van der Waals surface area contributed by atoms with Crippen LogP contribution in [0.25, 0.3) is 0 Å². The van der Waals surface area contributed by atoms with Crippen LogP contribution in [-0.2, 0) is 0 Å². The van der Waals surface area contributed by atoms with Crippen molar-refractivity contribution in [2.75, 3.05) is 13.1 Å². The lowest BCUT2D eigenvalue weighted by Gasteiger charge is -2.51. The van der Waals surface area contributed by atoms with Crippen molar-refractivity contribution in [1.82, 2.24) is 10.2 Å². The van der Waals surface area contributed by atoms with E-state index in [1.807, 2.05) is 0 Å². The van der Waals surface area contributed by atoms with E-state index in [0.29, 0.717) is 5.54 Å². The molecule has 0 aromatic carbocycles. The second-order valence-electron chi connectivity index (χ2n) is 7.64. The number of nitrogens with zero attached hydrogens (tertiary/aromatic N) is 1. The normalized spacial score (nSPS) is 33.3. The molecule has 2 nitrogen and oxygen atoms in total. The standard InChI is InChI=1S/C17H32N2/c1-14(2)16-12-18-17(10-6-7-11-17)13-19(16)15-8-4-3-5-9-15/h14-16,18H,3-13H2,1-2H3. The first kappa shape index (κ1) is 13.9. The summed E-state index contributed by atoms with van der Waals surface area (Å²) in [6, 6.07) is 1.66. The number of piperazine rings is 1. The maximum atomic E-state index is 3.95. The number of rotatable bonds is 2. The number of hydrogen-bond donors (Lipinski definition) is 1. The van der Waals surface area contributed by atoms with Crippen LogP contribution in [0.15, 0.2) is 0 Å². The average molecular weight is 264 g/mol. The largest absolute Gasteiger partial charge is 0.308 e. The maximum Gasteiger partial charge on any atom is 0.0309 e. The summed E-state index contributed by atoms with van der Waals surface area (Å²) >= 11 is 0. The first-order valence-electron chi connectivity index (χ1n) is 8.71. The van der Waals surface area contributed by atoms with Crippen LogP contribution in [0.3, 0.4) is 0 Å². The lowest BCUT2D eigenvalue weighted by Crippen LogP contribution is -2.66. The second kappa shape index (κ2) is 5.73. The Balaban J connectivity index is 1.73. The highest BCUT2D eigenvalue weighted by Gasteiger charge is 2.43. The molecule has 2 saturated carbocycles. The fraction of sp³-hybridized carbons (Fsp3) is 1.00. The lowest BCUT2D eigenvalue weighted by molar-refractivity contribution is 0.00936. The van der Waals surface area contributed by atoms with Gasteiger partial charge in [0.1, 0.15) is 0 Å². The molecule has 1 unspecified atom stereocenters. The molecule has 0 aromatic heterocycles. The van der Waals surface area contributed by atoms with Crippen molar-refractivity contribution in [1.29, 1.82) is 0 Å². The van der Waals surface area contributed by atoms with Crippen LogP contribution in [0.4, 0.5) is 0 Å². The topological polar surface area (TPSA) is 15.3 Å². The van der Waals surface area contributed by atoms with Crippen molar-refractivity contribution in [2.45, 2.75) is 89.3 Å². The zero-order valence-corrected chi connectivity index (χ0v) is 13.0. The lowest BCUT2D eigenvalue weighted by atomic mass is 9.84. The minimum atomic E-state index is 0.489. The molecule has 0 amide bonds. The van der Waals surface area contributed by atoms with Crippen LogP contribution < -0.4 is 5.32 Å². The molecular formula is C17H32N2. The monoisotopic (exact) mass is 264 g/mol. The molecular weight excluding hydrogens is 232 g/mol. The Morgan fingerprint density at radius 2 is 1.68 bits per heavy atom. The van der Waals surface area contributed by atoms with E-state index in [9.17, 15) is 0 Å². The van der Waals surface area contributed by atoms with Gasteiger partial charge >= 0.3 is 0 Å². The molecule has 3 aliphatic rings. The molecule has 2 aliphatic carbocycles. The summed E-state index contributed by atoms with van der Waals surface area (Å²) in [5.74, 6) is 0.785. The molecule has 19 heavy (non-hydrogen) atoms. The molecule has 1 spiro atoms. The van der Waals surface area contributed by atoms with Gasteiger partial charge in [0.25, 0.3) is 0 Å². The quantitative estimate of drug-likeness (QED) is 0.820. The van der Waals surface area contributed by atoms with Crippen molar-refractivity contribution in [3.05, 3.63) is 0 Å². The fourth-order valence-electron chi connectivity index (χ4n) is 4.78. The van der Waals surface area contributed by atoms with Crippen LogP contribution in [0, 0.1) is 5.92 Å². The number of nitrogens with one attached hydrogen (secondary N) is 1. The molecule has 3 rings (SSSR count).